The first-order valence-electron chi connectivity index (χ1n) is 8.06. The molecule has 1 aromatic heterocycles. The molecule has 0 radical (unpaired) electrons. The highest BCUT2D eigenvalue weighted by molar-refractivity contribution is 5.97. The van der Waals surface area contributed by atoms with Crippen LogP contribution in [0.1, 0.15) is 48.0 Å². The van der Waals surface area contributed by atoms with E-state index in [1.807, 2.05) is 38.1 Å². The molecule has 1 aromatic carbocycles. The predicted molar refractivity (Wildman–Crippen MR) is 88.0 cm³/mol. The molecule has 24 heavy (non-hydrogen) atoms. The second-order valence-electron chi connectivity index (χ2n) is 6.07. The molecule has 3 rings (SSSR count). The summed E-state index contributed by atoms with van der Waals surface area (Å²) in [6.07, 6.45) is 3.07. The number of hydrogen-bond donors (Lipinski definition) is 0. The van der Waals surface area contributed by atoms with Gasteiger partial charge >= 0.3 is 5.97 Å². The minimum Gasteiger partial charge on any atom is -0.451 e. The van der Waals surface area contributed by atoms with E-state index in [1.54, 1.807) is 4.90 Å². The number of nitrogens with zero attached hydrogens (tertiary/aromatic N) is 2. The third-order valence-electron chi connectivity index (χ3n) is 4.05. The molecule has 0 aliphatic carbocycles. The molecule has 0 N–H and O–H groups in total. The Hall–Kier alpha value is -2.63. The van der Waals surface area contributed by atoms with E-state index in [1.165, 1.54) is 6.39 Å². The Morgan fingerprint density at radius 3 is 2.92 bits per heavy atom. The molecule has 1 aliphatic heterocycles. The summed E-state index contributed by atoms with van der Waals surface area (Å²) >= 11 is 0. The maximum atomic E-state index is 12.5. The number of ether oxygens (including phenoxy) is 1. The van der Waals surface area contributed by atoms with Crippen LogP contribution in [0.2, 0.25) is 0 Å². The van der Waals surface area contributed by atoms with Crippen LogP contribution in [-0.2, 0) is 16.0 Å². The number of anilines is 1. The standard InChI is InChI=1S/C18H20N2O4/c1-12(2)17-16(19-11-24-17)18(22)23-10-15(21)20-9-5-7-13-6-3-4-8-14(13)20/h3-4,6,8,11-12H,5,7,9-10H2,1-2H3. The largest absolute Gasteiger partial charge is 0.451 e. The summed E-state index contributed by atoms with van der Waals surface area (Å²) in [5, 5.41) is 0. The number of carbonyl (C=O) groups excluding carboxylic acids is 2. The van der Waals surface area contributed by atoms with Gasteiger partial charge in [-0.2, -0.15) is 0 Å². The second-order valence-corrected chi connectivity index (χ2v) is 6.07. The molecule has 0 fully saturated rings. The summed E-state index contributed by atoms with van der Waals surface area (Å²) in [4.78, 5) is 30.2. The SMILES string of the molecule is CC(C)c1ocnc1C(=O)OCC(=O)N1CCCc2ccccc21. The van der Waals surface area contributed by atoms with Gasteiger partial charge in [-0.1, -0.05) is 32.0 Å². The van der Waals surface area contributed by atoms with Crippen LogP contribution in [0, 0.1) is 0 Å². The minimum atomic E-state index is -0.633. The molecule has 2 heterocycles. The summed E-state index contributed by atoms with van der Waals surface area (Å²) in [6.45, 7) is 4.12. The number of carbonyl (C=O) groups is 2. The number of esters is 1. The van der Waals surface area contributed by atoms with Crippen molar-refractivity contribution in [2.24, 2.45) is 0 Å². The van der Waals surface area contributed by atoms with Crippen molar-refractivity contribution in [1.29, 1.82) is 0 Å². The van der Waals surface area contributed by atoms with Crippen LogP contribution >= 0.6 is 0 Å². The summed E-state index contributed by atoms with van der Waals surface area (Å²) in [6, 6.07) is 7.80. The number of fused-ring (bicyclic) bond motifs is 1. The zero-order valence-electron chi connectivity index (χ0n) is 13.8. The Morgan fingerprint density at radius 2 is 2.12 bits per heavy atom. The lowest BCUT2D eigenvalue weighted by Crippen LogP contribution is -2.38. The summed E-state index contributed by atoms with van der Waals surface area (Å²) in [5.41, 5.74) is 2.17. The van der Waals surface area contributed by atoms with Gasteiger partial charge in [0.05, 0.1) is 0 Å². The number of amides is 1. The lowest BCUT2D eigenvalue weighted by molar-refractivity contribution is -0.121. The smallest absolute Gasteiger partial charge is 0.361 e. The van der Waals surface area contributed by atoms with E-state index in [-0.39, 0.29) is 24.1 Å². The first-order chi connectivity index (χ1) is 11.6. The van der Waals surface area contributed by atoms with E-state index in [2.05, 4.69) is 4.98 Å². The molecule has 0 spiro atoms. The Labute approximate surface area is 140 Å². The van der Waals surface area contributed by atoms with Crippen LogP contribution in [0.3, 0.4) is 0 Å². The fourth-order valence-corrected chi connectivity index (χ4v) is 2.88. The molecule has 0 saturated heterocycles. The highest BCUT2D eigenvalue weighted by atomic mass is 16.5. The van der Waals surface area contributed by atoms with Crippen molar-refractivity contribution >= 4 is 17.6 Å². The lowest BCUT2D eigenvalue weighted by atomic mass is 10.0. The van der Waals surface area contributed by atoms with Crippen LogP contribution in [0.4, 0.5) is 5.69 Å². The molecule has 0 unspecified atom stereocenters. The molecule has 6 heteroatoms. The zero-order valence-corrected chi connectivity index (χ0v) is 13.8. The molecule has 1 aliphatic rings. The molecule has 2 aromatic rings. The van der Waals surface area contributed by atoms with Gasteiger partial charge in [0.25, 0.3) is 5.91 Å². The summed E-state index contributed by atoms with van der Waals surface area (Å²) in [7, 11) is 0. The quantitative estimate of drug-likeness (QED) is 0.807. The van der Waals surface area contributed by atoms with Gasteiger partial charge in [0.2, 0.25) is 0 Å². The normalized spacial score (nSPS) is 13.7. The van der Waals surface area contributed by atoms with Crippen LogP contribution in [-0.4, -0.2) is 30.0 Å². The number of rotatable bonds is 4. The molecular formula is C18H20N2O4. The lowest BCUT2D eigenvalue weighted by Gasteiger charge is -2.29. The first kappa shape index (κ1) is 16.2. The fourth-order valence-electron chi connectivity index (χ4n) is 2.88. The van der Waals surface area contributed by atoms with E-state index in [4.69, 9.17) is 9.15 Å². The number of aromatic nitrogens is 1. The molecule has 6 nitrogen and oxygen atoms in total. The predicted octanol–water partition coefficient (Wildman–Crippen LogP) is 2.93. The third kappa shape index (κ3) is 3.18. The van der Waals surface area contributed by atoms with E-state index in [0.717, 1.165) is 24.1 Å². The first-order valence-corrected chi connectivity index (χ1v) is 8.06. The van der Waals surface area contributed by atoms with Gasteiger partial charge in [0, 0.05) is 18.2 Å². The topological polar surface area (TPSA) is 72.6 Å². The van der Waals surface area contributed by atoms with E-state index in [0.29, 0.717) is 12.3 Å². The van der Waals surface area contributed by atoms with Gasteiger partial charge in [0.15, 0.2) is 18.7 Å². The number of aryl methyl sites for hydroxylation is 1. The highest BCUT2D eigenvalue weighted by Crippen LogP contribution is 2.26. The number of hydrogen-bond acceptors (Lipinski definition) is 5. The Kier molecular flexibility index (Phi) is 4.64. The van der Waals surface area contributed by atoms with Crippen LogP contribution in [0.25, 0.3) is 0 Å². The highest BCUT2D eigenvalue weighted by Gasteiger charge is 2.25. The van der Waals surface area contributed by atoms with Crippen molar-refractivity contribution in [2.75, 3.05) is 18.1 Å². The van der Waals surface area contributed by atoms with E-state index < -0.39 is 5.97 Å². The maximum absolute atomic E-state index is 12.5. The number of oxazole rings is 1. The minimum absolute atomic E-state index is 0.0136. The molecule has 126 valence electrons. The Balaban J connectivity index is 1.66. The molecule has 0 atom stereocenters. The van der Waals surface area contributed by atoms with Crippen molar-refractivity contribution in [3.05, 3.63) is 47.7 Å². The molecule has 1 amide bonds. The average Bonchev–Trinajstić information content (AvgIpc) is 3.09. The van der Waals surface area contributed by atoms with E-state index in [9.17, 15) is 9.59 Å². The Bertz CT molecular complexity index is 751. The average molecular weight is 328 g/mol. The van der Waals surface area contributed by atoms with Gasteiger partial charge < -0.3 is 14.1 Å². The number of benzene rings is 1. The third-order valence-corrected chi connectivity index (χ3v) is 4.05. The van der Waals surface area contributed by atoms with Crippen LogP contribution in [0.15, 0.2) is 35.1 Å². The van der Waals surface area contributed by atoms with Crippen molar-refractivity contribution in [1.82, 2.24) is 4.98 Å². The van der Waals surface area contributed by atoms with Crippen molar-refractivity contribution in [3.8, 4) is 0 Å². The van der Waals surface area contributed by atoms with Gasteiger partial charge in [-0.25, -0.2) is 9.78 Å². The van der Waals surface area contributed by atoms with Gasteiger partial charge in [0.1, 0.15) is 5.76 Å². The molecule has 0 saturated carbocycles. The zero-order chi connectivity index (χ0) is 17.1. The Morgan fingerprint density at radius 1 is 1.33 bits per heavy atom. The summed E-state index contributed by atoms with van der Waals surface area (Å²) in [5.74, 6) is -0.383. The maximum Gasteiger partial charge on any atom is 0.361 e. The van der Waals surface area contributed by atoms with Gasteiger partial charge in [-0.3, -0.25) is 4.79 Å². The van der Waals surface area contributed by atoms with Crippen LogP contribution < -0.4 is 4.90 Å². The van der Waals surface area contributed by atoms with Crippen LogP contribution in [0.5, 0.6) is 0 Å². The molecule has 0 bridgehead atoms. The fraction of sp³-hybridized carbons (Fsp3) is 0.389. The van der Waals surface area contributed by atoms with Gasteiger partial charge in [-0.15, -0.1) is 0 Å². The second kappa shape index (κ2) is 6.86. The van der Waals surface area contributed by atoms with Gasteiger partial charge in [-0.05, 0) is 24.5 Å². The van der Waals surface area contributed by atoms with Crippen molar-refractivity contribution in [2.45, 2.75) is 32.6 Å². The molecular weight excluding hydrogens is 308 g/mol. The van der Waals surface area contributed by atoms with Crippen molar-refractivity contribution < 1.29 is 18.7 Å². The van der Waals surface area contributed by atoms with E-state index >= 15 is 0 Å². The van der Waals surface area contributed by atoms with Crippen molar-refractivity contribution in [3.63, 3.8) is 0 Å². The number of para-hydroxylation sites is 1. The monoisotopic (exact) mass is 328 g/mol. The summed E-state index contributed by atoms with van der Waals surface area (Å²) < 4.78 is 10.4.